The number of amides is 2. The molecular formula is C20H26N4O. The Labute approximate surface area is 149 Å². The molecule has 0 bridgehead atoms. The number of nitrogens with zero attached hydrogens (tertiary/aromatic N) is 3. The molecule has 2 aliphatic carbocycles. The van der Waals surface area contributed by atoms with Crippen LogP contribution in [-0.2, 0) is 13.5 Å². The lowest BCUT2D eigenvalue weighted by Crippen LogP contribution is -2.45. The molecule has 2 unspecified atom stereocenters. The number of urea groups is 1. The molecule has 5 nitrogen and oxygen atoms in total. The van der Waals surface area contributed by atoms with Crippen LogP contribution in [0.25, 0.3) is 0 Å². The van der Waals surface area contributed by atoms with Gasteiger partial charge in [0.05, 0.1) is 18.3 Å². The number of carbonyl (C=O) groups is 1. The number of hydrogen-bond donors (Lipinski definition) is 1. The topological polar surface area (TPSA) is 50.2 Å². The lowest BCUT2D eigenvalue weighted by atomic mass is 9.87. The van der Waals surface area contributed by atoms with Crippen LogP contribution in [0, 0.1) is 0 Å². The standard InChI is InChI=1S/C20H26N4O/c1-14(16-12-21-23(2)13-16)22-20(25)24(17-10-11-17)19-9-5-7-15-6-3-4-8-18(15)19/h3-4,6,8,12-14,17,19H,5,7,9-11H2,1-2H3,(H,22,25). The van der Waals surface area contributed by atoms with Gasteiger partial charge in [-0.3, -0.25) is 4.68 Å². The Morgan fingerprint density at radius 3 is 2.84 bits per heavy atom. The molecule has 2 amide bonds. The summed E-state index contributed by atoms with van der Waals surface area (Å²) in [7, 11) is 1.90. The van der Waals surface area contributed by atoms with E-state index in [2.05, 4.69) is 39.6 Å². The van der Waals surface area contributed by atoms with Crippen LogP contribution < -0.4 is 5.32 Å². The Bertz CT molecular complexity index is 765. The molecule has 4 rings (SSSR count). The van der Waals surface area contributed by atoms with Crippen LogP contribution in [0.5, 0.6) is 0 Å². The van der Waals surface area contributed by atoms with Crippen LogP contribution in [0.3, 0.4) is 0 Å². The zero-order chi connectivity index (χ0) is 17.4. The van der Waals surface area contributed by atoms with Gasteiger partial charge in [0.1, 0.15) is 0 Å². The third-order valence-corrected chi connectivity index (χ3v) is 5.41. The minimum atomic E-state index is -0.0405. The summed E-state index contributed by atoms with van der Waals surface area (Å²) >= 11 is 0. The predicted molar refractivity (Wildman–Crippen MR) is 97.1 cm³/mol. The van der Waals surface area contributed by atoms with E-state index >= 15 is 0 Å². The molecule has 0 spiro atoms. The molecule has 1 heterocycles. The van der Waals surface area contributed by atoms with E-state index in [0.29, 0.717) is 6.04 Å². The van der Waals surface area contributed by atoms with Crippen molar-refractivity contribution in [3.05, 3.63) is 53.3 Å². The average Bonchev–Trinajstić information content (AvgIpc) is 3.34. The quantitative estimate of drug-likeness (QED) is 0.923. The summed E-state index contributed by atoms with van der Waals surface area (Å²) < 4.78 is 1.77. The maximum atomic E-state index is 13.1. The molecule has 1 saturated carbocycles. The highest BCUT2D eigenvalue weighted by molar-refractivity contribution is 5.76. The van der Waals surface area contributed by atoms with E-state index in [-0.39, 0.29) is 18.1 Å². The zero-order valence-corrected chi connectivity index (χ0v) is 15.0. The van der Waals surface area contributed by atoms with Gasteiger partial charge in [0.2, 0.25) is 0 Å². The Morgan fingerprint density at radius 2 is 2.12 bits per heavy atom. The molecule has 2 atom stereocenters. The van der Waals surface area contributed by atoms with E-state index in [4.69, 9.17) is 0 Å². The van der Waals surface area contributed by atoms with E-state index < -0.39 is 0 Å². The maximum absolute atomic E-state index is 13.1. The van der Waals surface area contributed by atoms with Gasteiger partial charge in [-0.2, -0.15) is 5.10 Å². The van der Waals surface area contributed by atoms with Crippen molar-refractivity contribution < 1.29 is 4.79 Å². The van der Waals surface area contributed by atoms with Crippen LogP contribution in [0.1, 0.15) is 61.4 Å². The van der Waals surface area contributed by atoms with Crippen LogP contribution >= 0.6 is 0 Å². The van der Waals surface area contributed by atoms with Crippen molar-refractivity contribution in [1.29, 1.82) is 0 Å². The first-order chi connectivity index (χ1) is 12.1. The third-order valence-electron chi connectivity index (χ3n) is 5.41. The summed E-state index contributed by atoms with van der Waals surface area (Å²) in [5.41, 5.74) is 3.78. The second-order valence-corrected chi connectivity index (χ2v) is 7.36. The monoisotopic (exact) mass is 338 g/mol. The number of aryl methyl sites for hydroxylation is 2. The van der Waals surface area contributed by atoms with Crippen LogP contribution in [0.2, 0.25) is 0 Å². The summed E-state index contributed by atoms with van der Waals surface area (Å²) in [4.78, 5) is 15.2. The Kier molecular flexibility index (Phi) is 4.24. The van der Waals surface area contributed by atoms with Gasteiger partial charge in [-0.25, -0.2) is 4.79 Å². The van der Waals surface area contributed by atoms with Crippen LogP contribution in [0.4, 0.5) is 4.79 Å². The van der Waals surface area contributed by atoms with Crippen molar-refractivity contribution >= 4 is 6.03 Å². The van der Waals surface area contributed by atoms with Gasteiger partial charge in [0.15, 0.2) is 0 Å². The average molecular weight is 338 g/mol. The number of fused-ring (bicyclic) bond motifs is 1. The van der Waals surface area contributed by atoms with Gasteiger partial charge in [0, 0.05) is 24.8 Å². The number of aromatic nitrogens is 2. The maximum Gasteiger partial charge on any atom is 0.318 e. The van der Waals surface area contributed by atoms with Crippen molar-refractivity contribution in [1.82, 2.24) is 20.0 Å². The van der Waals surface area contributed by atoms with E-state index in [1.54, 1.807) is 4.68 Å². The summed E-state index contributed by atoms with van der Waals surface area (Å²) in [6.07, 6.45) is 9.35. The van der Waals surface area contributed by atoms with Gasteiger partial charge >= 0.3 is 6.03 Å². The lowest BCUT2D eigenvalue weighted by molar-refractivity contribution is 0.159. The molecule has 132 valence electrons. The lowest BCUT2D eigenvalue weighted by Gasteiger charge is -2.36. The van der Waals surface area contributed by atoms with Crippen LogP contribution in [0.15, 0.2) is 36.7 Å². The molecule has 2 aliphatic rings. The number of benzene rings is 1. The highest BCUT2D eigenvalue weighted by Crippen LogP contribution is 2.40. The third kappa shape index (κ3) is 3.28. The molecule has 1 N–H and O–H groups in total. The summed E-state index contributed by atoms with van der Waals surface area (Å²) in [6.45, 7) is 2.02. The SMILES string of the molecule is CC(NC(=O)N(C1CC1)C1CCCc2ccccc21)c1cnn(C)c1. The van der Waals surface area contributed by atoms with Crippen molar-refractivity contribution in [2.24, 2.45) is 7.05 Å². The molecule has 1 aromatic carbocycles. The minimum absolute atomic E-state index is 0.0405. The van der Waals surface area contributed by atoms with Crippen molar-refractivity contribution in [3.8, 4) is 0 Å². The molecule has 25 heavy (non-hydrogen) atoms. The Balaban J connectivity index is 1.55. The predicted octanol–water partition coefficient (Wildman–Crippen LogP) is 3.73. The number of hydrogen-bond acceptors (Lipinski definition) is 2. The molecule has 2 aromatic rings. The number of rotatable bonds is 4. The van der Waals surface area contributed by atoms with E-state index in [1.807, 2.05) is 26.4 Å². The zero-order valence-electron chi connectivity index (χ0n) is 15.0. The molecule has 1 aromatic heterocycles. The van der Waals surface area contributed by atoms with Crippen molar-refractivity contribution in [3.63, 3.8) is 0 Å². The molecule has 1 fully saturated rings. The molecule has 5 heteroatoms. The summed E-state index contributed by atoms with van der Waals surface area (Å²) in [5.74, 6) is 0. The molecule has 0 aliphatic heterocycles. The van der Waals surface area contributed by atoms with Gasteiger partial charge in [-0.1, -0.05) is 24.3 Å². The fraction of sp³-hybridized carbons (Fsp3) is 0.500. The Morgan fingerprint density at radius 1 is 1.32 bits per heavy atom. The smallest absolute Gasteiger partial charge is 0.318 e. The van der Waals surface area contributed by atoms with E-state index in [0.717, 1.165) is 37.7 Å². The fourth-order valence-electron chi connectivity index (χ4n) is 3.94. The highest BCUT2D eigenvalue weighted by Gasteiger charge is 2.39. The van der Waals surface area contributed by atoms with Gasteiger partial charge in [-0.15, -0.1) is 0 Å². The van der Waals surface area contributed by atoms with E-state index in [1.165, 1.54) is 11.1 Å². The molecule has 0 radical (unpaired) electrons. The second kappa shape index (κ2) is 6.54. The first kappa shape index (κ1) is 16.2. The summed E-state index contributed by atoms with van der Waals surface area (Å²) in [6, 6.07) is 9.22. The van der Waals surface area contributed by atoms with E-state index in [9.17, 15) is 4.79 Å². The molecular weight excluding hydrogens is 312 g/mol. The normalized spacial score (nSPS) is 20.6. The number of nitrogens with one attached hydrogen (secondary N) is 1. The fourth-order valence-corrected chi connectivity index (χ4v) is 3.94. The minimum Gasteiger partial charge on any atom is -0.331 e. The van der Waals surface area contributed by atoms with Crippen molar-refractivity contribution in [2.45, 2.75) is 57.2 Å². The van der Waals surface area contributed by atoms with Crippen LogP contribution in [-0.4, -0.2) is 26.8 Å². The number of carbonyl (C=O) groups excluding carboxylic acids is 1. The first-order valence-electron chi connectivity index (χ1n) is 9.28. The second-order valence-electron chi connectivity index (χ2n) is 7.36. The van der Waals surface area contributed by atoms with Crippen molar-refractivity contribution in [2.75, 3.05) is 0 Å². The molecule has 0 saturated heterocycles. The Hall–Kier alpha value is -2.30. The van der Waals surface area contributed by atoms with Gasteiger partial charge in [0.25, 0.3) is 0 Å². The summed E-state index contributed by atoms with van der Waals surface area (Å²) in [5, 5.41) is 7.40. The van der Waals surface area contributed by atoms with Gasteiger partial charge in [-0.05, 0) is 50.2 Å². The largest absolute Gasteiger partial charge is 0.331 e. The highest BCUT2D eigenvalue weighted by atomic mass is 16.2. The van der Waals surface area contributed by atoms with Gasteiger partial charge < -0.3 is 10.2 Å². The first-order valence-corrected chi connectivity index (χ1v) is 9.28.